The molecule has 22 heavy (non-hydrogen) atoms. The van der Waals surface area contributed by atoms with Gasteiger partial charge in [-0.15, -0.1) is 22.7 Å². The highest BCUT2D eigenvalue weighted by atomic mass is 32.1. The van der Waals surface area contributed by atoms with E-state index in [2.05, 4.69) is 14.9 Å². The molecule has 0 spiro atoms. The van der Waals surface area contributed by atoms with Gasteiger partial charge in [0.2, 0.25) is 11.7 Å². The predicted octanol–water partition coefficient (Wildman–Crippen LogP) is 2.82. The lowest BCUT2D eigenvalue weighted by molar-refractivity contribution is 0.103. The van der Waals surface area contributed by atoms with Gasteiger partial charge < -0.3 is 9.64 Å². The Morgan fingerprint density at radius 1 is 1.14 bits per heavy atom. The molecule has 1 fully saturated rings. The molecule has 3 aromatic rings. The first-order valence-electron chi connectivity index (χ1n) is 6.99. The number of carbonyl (C=O) groups excluding carboxylic acids is 1. The van der Waals surface area contributed by atoms with Gasteiger partial charge in [0.05, 0.1) is 28.3 Å². The number of ketones is 1. The number of morpholine rings is 1. The molecule has 0 atom stereocenters. The van der Waals surface area contributed by atoms with Crippen molar-refractivity contribution in [1.29, 1.82) is 0 Å². The predicted molar refractivity (Wildman–Crippen MR) is 88.2 cm³/mol. The van der Waals surface area contributed by atoms with Gasteiger partial charge in [-0.3, -0.25) is 4.79 Å². The molecule has 3 aromatic heterocycles. The van der Waals surface area contributed by atoms with E-state index < -0.39 is 0 Å². The molecule has 0 aliphatic carbocycles. The van der Waals surface area contributed by atoms with Crippen LogP contribution in [0.15, 0.2) is 29.0 Å². The van der Waals surface area contributed by atoms with E-state index >= 15 is 0 Å². The largest absolute Gasteiger partial charge is 0.378 e. The fraction of sp³-hybridized carbons (Fsp3) is 0.267. The molecular formula is C15H13N3O2S2. The van der Waals surface area contributed by atoms with Crippen molar-refractivity contribution in [2.45, 2.75) is 0 Å². The topological polar surface area (TPSA) is 55.3 Å². The first-order chi connectivity index (χ1) is 10.8. The summed E-state index contributed by atoms with van der Waals surface area (Å²) >= 11 is 2.95. The Balaban J connectivity index is 1.82. The molecule has 4 rings (SSSR count). The zero-order valence-corrected chi connectivity index (χ0v) is 13.3. The van der Waals surface area contributed by atoms with Gasteiger partial charge in [-0.25, -0.2) is 9.97 Å². The lowest BCUT2D eigenvalue weighted by Gasteiger charge is -2.26. The summed E-state index contributed by atoms with van der Waals surface area (Å²) < 4.78 is 6.23. The number of thiophene rings is 2. The zero-order chi connectivity index (χ0) is 14.9. The summed E-state index contributed by atoms with van der Waals surface area (Å²) in [6.07, 6.45) is 0. The third kappa shape index (κ3) is 2.41. The number of nitrogens with zero attached hydrogens (tertiary/aromatic N) is 3. The lowest BCUT2D eigenvalue weighted by Crippen LogP contribution is -2.37. The smallest absolute Gasteiger partial charge is 0.226 e. The summed E-state index contributed by atoms with van der Waals surface area (Å²) in [5, 5.41) is 3.86. The summed E-state index contributed by atoms with van der Waals surface area (Å²) in [6.45, 7) is 2.84. The van der Waals surface area contributed by atoms with Crippen LogP contribution >= 0.6 is 22.7 Å². The lowest BCUT2D eigenvalue weighted by atomic mass is 10.2. The number of aromatic nitrogens is 2. The van der Waals surface area contributed by atoms with E-state index in [0.717, 1.165) is 23.3 Å². The van der Waals surface area contributed by atoms with Gasteiger partial charge in [-0.05, 0) is 22.9 Å². The Kier molecular flexibility index (Phi) is 3.61. The van der Waals surface area contributed by atoms with E-state index in [9.17, 15) is 4.79 Å². The summed E-state index contributed by atoms with van der Waals surface area (Å²) in [7, 11) is 0. The van der Waals surface area contributed by atoms with Crippen LogP contribution in [0.3, 0.4) is 0 Å². The molecule has 0 amide bonds. The molecule has 1 aliphatic rings. The van der Waals surface area contributed by atoms with Crippen LogP contribution in [0.25, 0.3) is 10.2 Å². The van der Waals surface area contributed by atoms with E-state index in [0.29, 0.717) is 29.7 Å². The Morgan fingerprint density at radius 3 is 2.77 bits per heavy atom. The first-order valence-corrected chi connectivity index (χ1v) is 8.75. The highest BCUT2D eigenvalue weighted by Gasteiger charge is 2.21. The van der Waals surface area contributed by atoms with Crippen molar-refractivity contribution in [1.82, 2.24) is 9.97 Å². The fourth-order valence-electron chi connectivity index (χ4n) is 2.43. The van der Waals surface area contributed by atoms with Crippen LogP contribution in [0.1, 0.15) is 15.4 Å². The van der Waals surface area contributed by atoms with Gasteiger partial charge >= 0.3 is 0 Å². The Hall–Kier alpha value is -1.83. The zero-order valence-electron chi connectivity index (χ0n) is 11.7. The van der Waals surface area contributed by atoms with Crippen LogP contribution in [0.5, 0.6) is 0 Å². The maximum atomic E-state index is 12.7. The van der Waals surface area contributed by atoms with Crippen molar-refractivity contribution in [3.8, 4) is 0 Å². The van der Waals surface area contributed by atoms with Crippen molar-refractivity contribution in [3.05, 3.63) is 39.5 Å². The van der Waals surface area contributed by atoms with Crippen LogP contribution in [0.2, 0.25) is 0 Å². The highest BCUT2D eigenvalue weighted by molar-refractivity contribution is 7.17. The number of anilines is 1. The molecular weight excluding hydrogens is 318 g/mol. The van der Waals surface area contributed by atoms with Crippen molar-refractivity contribution in [2.75, 3.05) is 31.2 Å². The number of hydrogen-bond donors (Lipinski definition) is 0. The van der Waals surface area contributed by atoms with Gasteiger partial charge in [-0.1, -0.05) is 6.07 Å². The Bertz CT molecular complexity index is 807. The van der Waals surface area contributed by atoms with E-state index in [1.165, 1.54) is 22.7 Å². The van der Waals surface area contributed by atoms with Gasteiger partial charge in [0.25, 0.3) is 0 Å². The molecule has 1 aliphatic heterocycles. The van der Waals surface area contributed by atoms with E-state index in [1.807, 2.05) is 29.0 Å². The maximum Gasteiger partial charge on any atom is 0.226 e. The number of ether oxygens (including phenoxy) is 1. The van der Waals surface area contributed by atoms with E-state index in [4.69, 9.17) is 4.74 Å². The third-order valence-corrected chi connectivity index (χ3v) is 5.32. The van der Waals surface area contributed by atoms with Crippen LogP contribution in [0.4, 0.5) is 5.95 Å². The summed E-state index contributed by atoms with van der Waals surface area (Å²) in [5.74, 6) is 0.591. The van der Waals surface area contributed by atoms with Gasteiger partial charge in [0.1, 0.15) is 5.69 Å². The normalized spacial score (nSPS) is 15.4. The molecule has 112 valence electrons. The molecule has 0 N–H and O–H groups in total. The van der Waals surface area contributed by atoms with Gasteiger partial charge in [-0.2, -0.15) is 0 Å². The molecule has 0 radical (unpaired) electrons. The number of fused-ring (bicyclic) bond motifs is 1. The van der Waals surface area contributed by atoms with Crippen molar-refractivity contribution in [2.24, 2.45) is 0 Å². The average molecular weight is 331 g/mol. The minimum Gasteiger partial charge on any atom is -0.378 e. The van der Waals surface area contributed by atoms with Crippen molar-refractivity contribution >= 4 is 44.6 Å². The molecule has 0 bridgehead atoms. The second kappa shape index (κ2) is 5.75. The maximum absolute atomic E-state index is 12.7. The van der Waals surface area contributed by atoms with E-state index in [-0.39, 0.29) is 5.78 Å². The summed E-state index contributed by atoms with van der Waals surface area (Å²) in [6, 6.07) is 5.66. The average Bonchev–Trinajstić information content (AvgIpc) is 3.25. The van der Waals surface area contributed by atoms with E-state index in [1.54, 1.807) is 0 Å². The molecule has 0 saturated carbocycles. The number of carbonyl (C=O) groups is 1. The highest BCUT2D eigenvalue weighted by Crippen LogP contribution is 2.27. The van der Waals surface area contributed by atoms with Crippen LogP contribution in [-0.4, -0.2) is 42.1 Å². The molecule has 0 aromatic carbocycles. The van der Waals surface area contributed by atoms with Crippen molar-refractivity contribution in [3.63, 3.8) is 0 Å². The van der Waals surface area contributed by atoms with Gasteiger partial charge in [0.15, 0.2) is 0 Å². The number of hydrogen-bond acceptors (Lipinski definition) is 7. The molecule has 0 unspecified atom stereocenters. The molecule has 7 heteroatoms. The Labute approximate surface area is 135 Å². The molecule has 1 saturated heterocycles. The summed E-state index contributed by atoms with van der Waals surface area (Å²) in [5.41, 5.74) is 1.34. The minimum absolute atomic E-state index is 0.0284. The second-order valence-corrected chi connectivity index (χ2v) is 6.78. The minimum atomic E-state index is -0.0284. The summed E-state index contributed by atoms with van der Waals surface area (Å²) in [4.78, 5) is 24.7. The standard InChI is InChI=1S/C15H13N3O2S2/c19-13(11-2-1-8-21-11)12-14-10(3-9-22-14)16-15(17-12)18-4-6-20-7-5-18/h1-3,8-9H,4-7H2. The van der Waals surface area contributed by atoms with Crippen LogP contribution in [-0.2, 0) is 4.74 Å². The van der Waals surface area contributed by atoms with Crippen molar-refractivity contribution < 1.29 is 9.53 Å². The third-order valence-electron chi connectivity index (χ3n) is 3.55. The quantitative estimate of drug-likeness (QED) is 0.691. The molecule has 5 nitrogen and oxygen atoms in total. The Morgan fingerprint density at radius 2 is 2.00 bits per heavy atom. The van der Waals surface area contributed by atoms with Gasteiger partial charge in [0, 0.05) is 13.1 Å². The van der Waals surface area contributed by atoms with Crippen LogP contribution in [0, 0.1) is 0 Å². The fourth-order valence-corrected chi connectivity index (χ4v) is 3.92. The SMILES string of the molecule is O=C(c1cccs1)c1nc(N2CCOCC2)nc2ccsc12. The second-order valence-electron chi connectivity index (χ2n) is 4.91. The first kappa shape index (κ1) is 13.8. The van der Waals surface area contributed by atoms with Crippen LogP contribution < -0.4 is 4.90 Å². The number of rotatable bonds is 3. The molecule has 4 heterocycles. The monoisotopic (exact) mass is 331 g/mol.